The maximum Gasteiger partial charge on any atom is 0.264 e. The van der Waals surface area contributed by atoms with Crippen LogP contribution in [0.1, 0.15) is 26.3 Å². The average molecular weight is 602 g/mol. The minimum Gasteiger partial charge on any atom is -0.497 e. The van der Waals surface area contributed by atoms with E-state index in [-0.39, 0.29) is 28.9 Å². The molecule has 10 nitrogen and oxygen atoms in total. The number of benzene rings is 3. The summed E-state index contributed by atoms with van der Waals surface area (Å²) in [6.45, 7) is 4.52. The minimum atomic E-state index is -4.39. The van der Waals surface area contributed by atoms with Gasteiger partial charge in [-0.15, -0.1) is 0 Å². The van der Waals surface area contributed by atoms with Crippen molar-refractivity contribution in [3.05, 3.63) is 78.1 Å². The molecule has 42 heavy (non-hydrogen) atoms. The third-order valence-corrected chi connectivity index (χ3v) is 8.22. The van der Waals surface area contributed by atoms with Crippen molar-refractivity contribution in [2.45, 2.75) is 44.3 Å². The van der Waals surface area contributed by atoms with E-state index in [0.29, 0.717) is 17.1 Å². The molecule has 12 heteroatoms. The zero-order valence-electron chi connectivity index (χ0n) is 24.5. The fourth-order valence-electron chi connectivity index (χ4n) is 4.16. The van der Waals surface area contributed by atoms with E-state index >= 15 is 0 Å². The Labute approximate surface area is 246 Å². The summed E-state index contributed by atoms with van der Waals surface area (Å²) in [4.78, 5) is 28.1. The van der Waals surface area contributed by atoms with Crippen LogP contribution in [0.4, 0.5) is 10.1 Å². The molecule has 0 saturated carbocycles. The highest BCUT2D eigenvalue weighted by Crippen LogP contribution is 2.32. The van der Waals surface area contributed by atoms with Gasteiger partial charge in [0.1, 0.15) is 24.2 Å². The lowest BCUT2D eigenvalue weighted by Gasteiger charge is -2.32. The normalized spacial score (nSPS) is 11.9. The topological polar surface area (TPSA) is 114 Å². The molecule has 0 aliphatic heterocycles. The first kappa shape index (κ1) is 32.2. The number of amides is 2. The van der Waals surface area contributed by atoms with E-state index < -0.39 is 40.2 Å². The molecule has 3 aromatic carbocycles. The zero-order valence-corrected chi connectivity index (χ0v) is 25.3. The Balaban J connectivity index is 2.06. The molecule has 1 atom stereocenters. The van der Waals surface area contributed by atoms with Crippen LogP contribution in [0, 0.1) is 5.82 Å². The van der Waals surface area contributed by atoms with Crippen molar-refractivity contribution in [3.8, 4) is 17.2 Å². The molecule has 1 unspecified atom stereocenters. The Hall–Kier alpha value is -4.32. The number of nitrogens with one attached hydrogen (secondary N) is 1. The Bertz CT molecular complexity index is 1480. The zero-order chi connectivity index (χ0) is 31.0. The number of carbonyl (C=O) groups excluding carboxylic acids is 2. The second-order valence-corrected chi connectivity index (χ2v) is 11.6. The molecule has 2 amide bonds. The number of methoxy groups -OCH3 is 3. The molecule has 0 aliphatic rings. The summed E-state index contributed by atoms with van der Waals surface area (Å²) < 4.78 is 58.4. The van der Waals surface area contributed by atoms with Crippen LogP contribution in [0.25, 0.3) is 0 Å². The molecule has 3 rings (SSSR count). The largest absolute Gasteiger partial charge is 0.497 e. The maximum absolute atomic E-state index is 14.0. The van der Waals surface area contributed by atoms with E-state index in [0.717, 1.165) is 16.4 Å². The number of rotatable bonds is 13. The summed E-state index contributed by atoms with van der Waals surface area (Å²) in [6, 6.07) is 14.6. The summed E-state index contributed by atoms with van der Waals surface area (Å²) in [5.74, 6) is -0.520. The van der Waals surface area contributed by atoms with Gasteiger partial charge in [-0.1, -0.05) is 12.1 Å². The second kappa shape index (κ2) is 14.0. The van der Waals surface area contributed by atoms with Gasteiger partial charge in [-0.3, -0.25) is 13.9 Å². The van der Waals surface area contributed by atoms with Gasteiger partial charge < -0.3 is 24.4 Å². The third kappa shape index (κ3) is 7.69. The Morgan fingerprint density at radius 3 is 2.02 bits per heavy atom. The number of hydrogen-bond acceptors (Lipinski definition) is 7. The van der Waals surface area contributed by atoms with E-state index in [4.69, 9.17) is 14.2 Å². The summed E-state index contributed by atoms with van der Waals surface area (Å²) in [5, 5.41) is 2.80. The summed E-state index contributed by atoms with van der Waals surface area (Å²) >= 11 is 0. The third-order valence-electron chi connectivity index (χ3n) is 6.45. The van der Waals surface area contributed by atoms with Crippen molar-refractivity contribution in [2.75, 3.05) is 32.2 Å². The second-order valence-electron chi connectivity index (χ2n) is 9.71. The van der Waals surface area contributed by atoms with Gasteiger partial charge in [-0.25, -0.2) is 12.8 Å². The smallest absolute Gasteiger partial charge is 0.264 e. The minimum absolute atomic E-state index is 0.0170. The van der Waals surface area contributed by atoms with E-state index in [1.165, 1.54) is 56.6 Å². The van der Waals surface area contributed by atoms with Crippen LogP contribution in [0.3, 0.4) is 0 Å². The Kier molecular flexibility index (Phi) is 10.8. The lowest BCUT2D eigenvalue weighted by atomic mass is 10.1. The molecule has 0 fully saturated rings. The van der Waals surface area contributed by atoms with Crippen molar-refractivity contribution >= 4 is 27.5 Å². The number of carbonyl (C=O) groups is 2. The molecule has 226 valence electrons. The van der Waals surface area contributed by atoms with Crippen molar-refractivity contribution in [2.24, 2.45) is 0 Å². The molecule has 0 aliphatic carbocycles. The summed E-state index contributed by atoms with van der Waals surface area (Å²) in [5.41, 5.74) is 0.757. The van der Waals surface area contributed by atoms with Gasteiger partial charge in [0, 0.05) is 18.7 Å². The fraction of sp³-hybridized carbons (Fsp3) is 0.333. The molecule has 0 heterocycles. The quantitative estimate of drug-likeness (QED) is 0.315. The van der Waals surface area contributed by atoms with Gasteiger partial charge in [0.15, 0.2) is 11.5 Å². The monoisotopic (exact) mass is 601 g/mol. The molecule has 0 saturated heterocycles. The number of ether oxygens (including phenoxy) is 3. The molecular weight excluding hydrogens is 565 g/mol. The predicted octanol–water partition coefficient (Wildman–Crippen LogP) is 3.99. The number of anilines is 1. The van der Waals surface area contributed by atoms with Crippen LogP contribution < -0.4 is 23.8 Å². The molecule has 1 N–H and O–H groups in total. The first-order valence-corrected chi connectivity index (χ1v) is 14.6. The SMILES string of the molecule is COc1ccc(CN(C(=O)CN(c2ccc(F)cc2)S(=O)(=O)c2ccc(OC)c(OC)c2)C(C)C(=O)NC(C)C)cc1. The van der Waals surface area contributed by atoms with Crippen molar-refractivity contribution in [1.29, 1.82) is 0 Å². The first-order chi connectivity index (χ1) is 19.9. The number of hydrogen-bond donors (Lipinski definition) is 1. The highest BCUT2D eigenvalue weighted by molar-refractivity contribution is 7.92. The maximum atomic E-state index is 14.0. The van der Waals surface area contributed by atoms with Crippen molar-refractivity contribution < 1.29 is 36.6 Å². The van der Waals surface area contributed by atoms with E-state index in [2.05, 4.69) is 5.32 Å². The van der Waals surface area contributed by atoms with Gasteiger partial charge in [0.05, 0.1) is 31.9 Å². The average Bonchev–Trinajstić information content (AvgIpc) is 2.98. The summed E-state index contributed by atoms with van der Waals surface area (Å²) in [6.07, 6.45) is 0. The first-order valence-electron chi connectivity index (χ1n) is 13.1. The number of nitrogens with zero attached hydrogens (tertiary/aromatic N) is 2. The predicted molar refractivity (Wildman–Crippen MR) is 157 cm³/mol. The lowest BCUT2D eigenvalue weighted by molar-refractivity contribution is -0.139. The van der Waals surface area contributed by atoms with Crippen LogP contribution in [0.5, 0.6) is 17.2 Å². The van der Waals surface area contributed by atoms with E-state index in [9.17, 15) is 22.4 Å². The summed E-state index contributed by atoms with van der Waals surface area (Å²) in [7, 11) is -0.0641. The Morgan fingerprint density at radius 2 is 1.48 bits per heavy atom. The van der Waals surface area contributed by atoms with Gasteiger partial charge in [0.25, 0.3) is 10.0 Å². The fourth-order valence-corrected chi connectivity index (χ4v) is 5.59. The van der Waals surface area contributed by atoms with Crippen LogP contribution in [0.15, 0.2) is 71.6 Å². The molecule has 3 aromatic rings. The Morgan fingerprint density at radius 1 is 0.857 bits per heavy atom. The molecule has 0 aromatic heterocycles. The van der Waals surface area contributed by atoms with Gasteiger partial charge in [-0.2, -0.15) is 0 Å². The van der Waals surface area contributed by atoms with E-state index in [1.54, 1.807) is 45.0 Å². The number of sulfonamides is 1. The standard InChI is InChI=1S/C30H36FN3O7S/c1-20(2)32-30(36)21(3)33(18-22-7-13-25(39-4)14-8-22)29(35)19-34(24-11-9-23(31)10-12-24)42(37,38)26-15-16-27(40-5)28(17-26)41-6/h7-17,20-21H,18-19H2,1-6H3,(H,32,36). The highest BCUT2D eigenvalue weighted by Gasteiger charge is 2.33. The molecule has 0 spiro atoms. The van der Waals surface area contributed by atoms with Crippen LogP contribution >= 0.6 is 0 Å². The van der Waals surface area contributed by atoms with Crippen molar-refractivity contribution in [1.82, 2.24) is 10.2 Å². The van der Waals surface area contributed by atoms with Crippen LogP contribution in [0.2, 0.25) is 0 Å². The van der Waals surface area contributed by atoms with Gasteiger partial charge >= 0.3 is 0 Å². The lowest BCUT2D eigenvalue weighted by Crippen LogP contribution is -2.52. The molecular formula is C30H36FN3O7S. The molecule has 0 radical (unpaired) electrons. The van der Waals surface area contributed by atoms with E-state index in [1.807, 2.05) is 0 Å². The van der Waals surface area contributed by atoms with Crippen molar-refractivity contribution in [3.63, 3.8) is 0 Å². The highest BCUT2D eigenvalue weighted by atomic mass is 32.2. The van der Waals surface area contributed by atoms with Gasteiger partial charge in [0.2, 0.25) is 11.8 Å². The van der Waals surface area contributed by atoms with Crippen LogP contribution in [-0.4, -0.2) is 65.1 Å². The van der Waals surface area contributed by atoms with Gasteiger partial charge in [-0.05, 0) is 74.9 Å². The van der Waals surface area contributed by atoms with Crippen LogP contribution in [-0.2, 0) is 26.2 Å². The number of halogens is 1. The molecule has 0 bridgehead atoms.